The van der Waals surface area contributed by atoms with E-state index in [2.05, 4.69) is 0 Å². The van der Waals surface area contributed by atoms with Gasteiger partial charge >= 0.3 is 0 Å². The molecule has 0 spiro atoms. The van der Waals surface area contributed by atoms with Gasteiger partial charge in [0.25, 0.3) is 0 Å². The van der Waals surface area contributed by atoms with E-state index < -0.39 is 15.7 Å². The van der Waals surface area contributed by atoms with Crippen LogP contribution in [0.1, 0.15) is 26.7 Å². The van der Waals surface area contributed by atoms with Crippen molar-refractivity contribution < 1.29 is 22.4 Å². The van der Waals surface area contributed by atoms with E-state index in [-0.39, 0.29) is 28.7 Å². The van der Waals surface area contributed by atoms with Crippen LogP contribution in [-0.4, -0.2) is 39.1 Å². The molecule has 0 N–H and O–H groups in total. The van der Waals surface area contributed by atoms with Crippen molar-refractivity contribution in [1.29, 1.82) is 0 Å². The van der Waals surface area contributed by atoms with E-state index in [9.17, 15) is 22.4 Å². The van der Waals surface area contributed by atoms with Gasteiger partial charge in [0.1, 0.15) is 10.7 Å². The number of fused-ring (bicyclic) bond motifs is 1. The molecule has 0 saturated heterocycles. The molecule has 30 heavy (non-hydrogen) atoms. The summed E-state index contributed by atoms with van der Waals surface area (Å²) in [7, 11) is -3.73. The van der Waals surface area contributed by atoms with E-state index in [1.165, 1.54) is 19.1 Å². The SMILES string of the molecule is CC(=O)N1c2ccc(-c3ccc(F)c(S(C)(=O)=O)c3)cc2N(C(=O)C2CC2)CC1C. The summed E-state index contributed by atoms with van der Waals surface area (Å²) in [5.41, 5.74) is 2.42. The van der Waals surface area contributed by atoms with Gasteiger partial charge in [0, 0.05) is 25.6 Å². The molecule has 2 aromatic rings. The summed E-state index contributed by atoms with van der Waals surface area (Å²) in [6, 6.07) is 9.07. The van der Waals surface area contributed by atoms with Gasteiger partial charge in [-0.25, -0.2) is 12.8 Å². The van der Waals surface area contributed by atoms with Gasteiger partial charge in [-0.15, -0.1) is 0 Å². The summed E-state index contributed by atoms with van der Waals surface area (Å²) in [4.78, 5) is 28.2. The van der Waals surface area contributed by atoms with Crippen LogP contribution in [0.2, 0.25) is 0 Å². The Bertz CT molecular complexity index is 1160. The molecule has 8 heteroatoms. The summed E-state index contributed by atoms with van der Waals surface area (Å²) < 4.78 is 37.8. The topological polar surface area (TPSA) is 74.8 Å². The van der Waals surface area contributed by atoms with Crippen molar-refractivity contribution in [3.05, 3.63) is 42.2 Å². The van der Waals surface area contributed by atoms with E-state index in [4.69, 9.17) is 0 Å². The highest BCUT2D eigenvalue weighted by molar-refractivity contribution is 7.90. The lowest BCUT2D eigenvalue weighted by molar-refractivity contribution is -0.120. The van der Waals surface area contributed by atoms with E-state index >= 15 is 0 Å². The number of anilines is 2. The van der Waals surface area contributed by atoms with Crippen molar-refractivity contribution in [2.24, 2.45) is 5.92 Å². The van der Waals surface area contributed by atoms with E-state index in [1.54, 1.807) is 28.0 Å². The Morgan fingerprint density at radius 1 is 1.03 bits per heavy atom. The molecule has 0 radical (unpaired) electrons. The lowest BCUT2D eigenvalue weighted by atomic mass is 10.00. The van der Waals surface area contributed by atoms with Crippen LogP contribution < -0.4 is 9.80 Å². The van der Waals surface area contributed by atoms with Gasteiger partial charge in [-0.1, -0.05) is 12.1 Å². The summed E-state index contributed by atoms with van der Waals surface area (Å²) in [6.45, 7) is 3.79. The zero-order chi connectivity index (χ0) is 21.8. The molecule has 2 amide bonds. The first-order valence-corrected chi connectivity index (χ1v) is 11.7. The Hall–Kier alpha value is -2.74. The number of nitrogens with zero attached hydrogens (tertiary/aromatic N) is 2. The lowest BCUT2D eigenvalue weighted by Crippen LogP contribution is -2.51. The number of benzene rings is 2. The fraction of sp³-hybridized carbons (Fsp3) is 0.364. The van der Waals surface area contributed by atoms with Crippen LogP contribution in [0.25, 0.3) is 11.1 Å². The zero-order valence-electron chi connectivity index (χ0n) is 17.1. The lowest BCUT2D eigenvalue weighted by Gasteiger charge is -2.41. The van der Waals surface area contributed by atoms with Crippen molar-refractivity contribution in [2.75, 3.05) is 22.6 Å². The van der Waals surface area contributed by atoms with Crippen LogP contribution >= 0.6 is 0 Å². The molecule has 0 bridgehead atoms. The molecule has 1 aliphatic heterocycles. The predicted octanol–water partition coefficient (Wildman–Crippen LogP) is 3.39. The number of rotatable bonds is 3. The fourth-order valence-electron chi connectivity index (χ4n) is 4.01. The second-order valence-corrected chi connectivity index (χ2v) is 10.1. The fourth-order valence-corrected chi connectivity index (χ4v) is 4.77. The predicted molar refractivity (Wildman–Crippen MR) is 113 cm³/mol. The van der Waals surface area contributed by atoms with Crippen LogP contribution in [0.15, 0.2) is 41.3 Å². The molecule has 2 aromatic carbocycles. The minimum Gasteiger partial charge on any atom is -0.308 e. The summed E-state index contributed by atoms with van der Waals surface area (Å²) in [5, 5.41) is 0. The van der Waals surface area contributed by atoms with Gasteiger partial charge in [-0.3, -0.25) is 9.59 Å². The molecule has 1 saturated carbocycles. The van der Waals surface area contributed by atoms with Crippen molar-refractivity contribution >= 4 is 33.0 Å². The highest BCUT2D eigenvalue weighted by Gasteiger charge is 2.39. The van der Waals surface area contributed by atoms with E-state index in [0.717, 1.165) is 25.2 Å². The Morgan fingerprint density at radius 2 is 1.67 bits per heavy atom. The standard InChI is InChI=1S/C22H23FN2O4S/c1-13-12-24(22(27)15-4-5-15)20-10-16(7-9-19(20)25(13)14(2)26)17-6-8-18(23)21(11-17)30(3,28)29/h6-11,13,15H,4-5,12H2,1-3H3. The van der Waals surface area contributed by atoms with E-state index in [0.29, 0.717) is 29.0 Å². The van der Waals surface area contributed by atoms with Crippen LogP contribution in [0.4, 0.5) is 15.8 Å². The smallest absolute Gasteiger partial charge is 0.230 e. The Morgan fingerprint density at radius 3 is 2.27 bits per heavy atom. The van der Waals surface area contributed by atoms with Crippen molar-refractivity contribution in [3.63, 3.8) is 0 Å². The summed E-state index contributed by atoms with van der Waals surface area (Å²) >= 11 is 0. The van der Waals surface area contributed by atoms with Crippen LogP contribution in [-0.2, 0) is 19.4 Å². The maximum atomic E-state index is 14.0. The number of carbonyl (C=O) groups is 2. The van der Waals surface area contributed by atoms with Gasteiger partial charge in [0.2, 0.25) is 11.8 Å². The largest absolute Gasteiger partial charge is 0.308 e. The van der Waals surface area contributed by atoms with Gasteiger partial charge < -0.3 is 9.80 Å². The molecule has 1 fully saturated rings. The van der Waals surface area contributed by atoms with Gasteiger partial charge in [0.05, 0.1) is 17.4 Å². The quantitative estimate of drug-likeness (QED) is 0.748. The molecule has 158 valence electrons. The van der Waals surface area contributed by atoms with Crippen LogP contribution in [0.3, 0.4) is 0 Å². The first kappa shape index (κ1) is 20.5. The first-order chi connectivity index (χ1) is 14.1. The first-order valence-electron chi connectivity index (χ1n) is 9.83. The third kappa shape index (κ3) is 3.60. The minimum atomic E-state index is -3.73. The molecular weight excluding hydrogens is 407 g/mol. The second kappa shape index (κ2) is 7.19. The van der Waals surface area contributed by atoms with E-state index in [1.807, 2.05) is 6.92 Å². The molecule has 1 heterocycles. The van der Waals surface area contributed by atoms with Gasteiger partial charge in [-0.05, 0) is 55.2 Å². The molecule has 2 aliphatic rings. The van der Waals surface area contributed by atoms with Crippen molar-refractivity contribution in [2.45, 2.75) is 37.6 Å². The highest BCUT2D eigenvalue weighted by Crippen LogP contribution is 2.42. The summed E-state index contributed by atoms with van der Waals surface area (Å²) in [6.07, 6.45) is 2.69. The van der Waals surface area contributed by atoms with Crippen LogP contribution in [0, 0.1) is 11.7 Å². The maximum absolute atomic E-state index is 14.0. The summed E-state index contributed by atoms with van der Waals surface area (Å²) in [5.74, 6) is -0.864. The van der Waals surface area contributed by atoms with Crippen molar-refractivity contribution in [1.82, 2.24) is 0 Å². The van der Waals surface area contributed by atoms with Crippen molar-refractivity contribution in [3.8, 4) is 11.1 Å². The normalized spacial score (nSPS) is 18.9. The monoisotopic (exact) mass is 430 g/mol. The number of amides is 2. The zero-order valence-corrected chi connectivity index (χ0v) is 17.9. The highest BCUT2D eigenvalue weighted by atomic mass is 32.2. The number of hydrogen-bond donors (Lipinski definition) is 0. The van der Waals surface area contributed by atoms with Gasteiger partial charge in [0.15, 0.2) is 9.84 Å². The Labute approximate surface area is 175 Å². The molecule has 1 atom stereocenters. The molecule has 4 rings (SSSR count). The number of sulfone groups is 1. The average molecular weight is 431 g/mol. The second-order valence-electron chi connectivity index (χ2n) is 8.08. The number of hydrogen-bond acceptors (Lipinski definition) is 4. The molecule has 0 aromatic heterocycles. The maximum Gasteiger partial charge on any atom is 0.230 e. The Kier molecular flexibility index (Phi) is 4.92. The third-order valence-electron chi connectivity index (χ3n) is 5.61. The number of carbonyl (C=O) groups excluding carboxylic acids is 2. The van der Waals surface area contributed by atoms with Gasteiger partial charge in [-0.2, -0.15) is 0 Å². The molecule has 6 nitrogen and oxygen atoms in total. The number of halogens is 1. The third-order valence-corrected chi connectivity index (χ3v) is 6.72. The van der Waals surface area contributed by atoms with Crippen LogP contribution in [0.5, 0.6) is 0 Å². The molecular formula is C22H23FN2O4S. The molecule has 1 unspecified atom stereocenters. The average Bonchev–Trinajstić information content (AvgIpc) is 3.51. The Balaban J connectivity index is 1.85. The minimum absolute atomic E-state index is 0.0141. The molecule has 1 aliphatic carbocycles.